The summed E-state index contributed by atoms with van der Waals surface area (Å²) >= 11 is 0. The molecule has 0 atom stereocenters. The molecule has 0 saturated heterocycles. The SMILES string of the molecule is CC(=O)c1ncncc1O. The minimum absolute atomic E-state index is 0.0648. The van der Waals surface area contributed by atoms with Crippen LogP contribution in [0.5, 0.6) is 5.75 Å². The minimum Gasteiger partial charge on any atom is -0.504 e. The van der Waals surface area contributed by atoms with E-state index in [2.05, 4.69) is 9.97 Å². The van der Waals surface area contributed by atoms with Crippen molar-refractivity contribution in [2.75, 3.05) is 0 Å². The summed E-state index contributed by atoms with van der Waals surface area (Å²) in [5.74, 6) is -0.435. The van der Waals surface area contributed by atoms with Gasteiger partial charge in [0.1, 0.15) is 6.33 Å². The van der Waals surface area contributed by atoms with Gasteiger partial charge >= 0.3 is 0 Å². The summed E-state index contributed by atoms with van der Waals surface area (Å²) in [6, 6.07) is 0. The van der Waals surface area contributed by atoms with Gasteiger partial charge in [-0.1, -0.05) is 0 Å². The molecular weight excluding hydrogens is 132 g/mol. The molecule has 1 N–H and O–H groups in total. The molecule has 0 saturated carbocycles. The highest BCUT2D eigenvalue weighted by atomic mass is 16.3. The Morgan fingerprint density at radius 3 is 2.80 bits per heavy atom. The molecule has 0 amide bonds. The summed E-state index contributed by atoms with van der Waals surface area (Å²) in [6.45, 7) is 1.34. The molecule has 0 radical (unpaired) electrons. The smallest absolute Gasteiger partial charge is 0.182 e. The molecular formula is C6H6N2O2. The lowest BCUT2D eigenvalue weighted by Crippen LogP contribution is -1.96. The van der Waals surface area contributed by atoms with E-state index in [4.69, 9.17) is 5.11 Å². The van der Waals surface area contributed by atoms with E-state index in [1.807, 2.05) is 0 Å². The third-order valence-electron chi connectivity index (χ3n) is 1.03. The second kappa shape index (κ2) is 2.43. The van der Waals surface area contributed by atoms with Gasteiger partial charge in [0.2, 0.25) is 0 Å². The molecule has 0 bridgehead atoms. The lowest BCUT2D eigenvalue weighted by molar-refractivity contribution is 0.101. The molecule has 0 aliphatic carbocycles. The number of carbonyl (C=O) groups excluding carboxylic acids is 1. The zero-order valence-corrected chi connectivity index (χ0v) is 5.40. The van der Waals surface area contributed by atoms with Gasteiger partial charge in [0.25, 0.3) is 0 Å². The number of aromatic nitrogens is 2. The second-order valence-corrected chi connectivity index (χ2v) is 1.81. The summed E-state index contributed by atoms with van der Waals surface area (Å²) in [5, 5.41) is 8.94. The van der Waals surface area contributed by atoms with Crippen LogP contribution < -0.4 is 0 Å². The van der Waals surface area contributed by atoms with E-state index >= 15 is 0 Å². The molecule has 1 heterocycles. The molecule has 52 valence electrons. The monoisotopic (exact) mass is 138 g/mol. The van der Waals surface area contributed by atoms with Crippen molar-refractivity contribution >= 4 is 5.78 Å². The topological polar surface area (TPSA) is 63.1 Å². The first-order valence-electron chi connectivity index (χ1n) is 2.71. The number of hydrogen-bond acceptors (Lipinski definition) is 4. The summed E-state index contributed by atoms with van der Waals surface area (Å²) in [6.07, 6.45) is 2.40. The summed E-state index contributed by atoms with van der Waals surface area (Å²) < 4.78 is 0. The van der Waals surface area contributed by atoms with Crippen LogP contribution in [0.3, 0.4) is 0 Å². The molecule has 4 heteroatoms. The van der Waals surface area contributed by atoms with Crippen LogP contribution in [0.15, 0.2) is 12.5 Å². The summed E-state index contributed by atoms with van der Waals surface area (Å²) in [4.78, 5) is 17.7. The Hall–Kier alpha value is -1.45. The molecule has 0 aliphatic rings. The Balaban J connectivity index is 3.15. The molecule has 0 aromatic carbocycles. The molecule has 0 unspecified atom stereocenters. The molecule has 1 aromatic heterocycles. The van der Waals surface area contributed by atoms with Crippen LogP contribution in [0.1, 0.15) is 17.4 Å². The molecule has 0 spiro atoms. The Morgan fingerprint density at radius 2 is 2.40 bits per heavy atom. The number of ketones is 1. The van der Waals surface area contributed by atoms with Crippen LogP contribution in [-0.4, -0.2) is 20.9 Å². The fraction of sp³-hybridized carbons (Fsp3) is 0.167. The first kappa shape index (κ1) is 6.67. The molecule has 1 aromatic rings. The fourth-order valence-electron chi connectivity index (χ4n) is 0.594. The number of aromatic hydroxyl groups is 1. The van der Waals surface area contributed by atoms with Crippen LogP contribution in [0.4, 0.5) is 0 Å². The lowest BCUT2D eigenvalue weighted by Gasteiger charge is -1.94. The van der Waals surface area contributed by atoms with E-state index < -0.39 is 0 Å². The largest absolute Gasteiger partial charge is 0.504 e. The van der Waals surface area contributed by atoms with Crippen molar-refractivity contribution in [1.29, 1.82) is 0 Å². The van der Waals surface area contributed by atoms with E-state index in [1.54, 1.807) is 0 Å². The van der Waals surface area contributed by atoms with Crippen LogP contribution in [0.25, 0.3) is 0 Å². The highest BCUT2D eigenvalue weighted by Gasteiger charge is 2.05. The van der Waals surface area contributed by atoms with Gasteiger partial charge in [-0.25, -0.2) is 9.97 Å². The quantitative estimate of drug-likeness (QED) is 0.570. The predicted molar refractivity (Wildman–Crippen MR) is 33.7 cm³/mol. The van der Waals surface area contributed by atoms with E-state index in [0.29, 0.717) is 0 Å². The van der Waals surface area contributed by atoms with Crippen molar-refractivity contribution < 1.29 is 9.90 Å². The first-order valence-corrected chi connectivity index (χ1v) is 2.71. The van der Waals surface area contributed by atoms with Gasteiger partial charge in [-0.05, 0) is 0 Å². The van der Waals surface area contributed by atoms with Crippen LogP contribution in [-0.2, 0) is 0 Å². The zero-order valence-electron chi connectivity index (χ0n) is 5.40. The highest BCUT2D eigenvalue weighted by Crippen LogP contribution is 2.10. The van der Waals surface area contributed by atoms with Crippen LogP contribution >= 0.6 is 0 Å². The fourth-order valence-corrected chi connectivity index (χ4v) is 0.594. The van der Waals surface area contributed by atoms with E-state index in [-0.39, 0.29) is 17.2 Å². The summed E-state index contributed by atoms with van der Waals surface area (Å²) in [7, 11) is 0. The molecule has 0 aliphatic heterocycles. The Kier molecular flexibility index (Phi) is 1.62. The number of nitrogens with zero attached hydrogens (tertiary/aromatic N) is 2. The third-order valence-corrected chi connectivity index (χ3v) is 1.03. The van der Waals surface area contributed by atoms with Crippen LogP contribution in [0.2, 0.25) is 0 Å². The molecule has 0 fully saturated rings. The van der Waals surface area contributed by atoms with Gasteiger partial charge in [0.15, 0.2) is 17.2 Å². The van der Waals surface area contributed by atoms with Gasteiger partial charge in [0.05, 0.1) is 6.20 Å². The van der Waals surface area contributed by atoms with Gasteiger partial charge < -0.3 is 5.11 Å². The van der Waals surface area contributed by atoms with E-state index in [9.17, 15) is 4.79 Å². The van der Waals surface area contributed by atoms with Gasteiger partial charge in [-0.3, -0.25) is 4.79 Å². The van der Waals surface area contributed by atoms with Crippen LogP contribution in [0, 0.1) is 0 Å². The molecule has 4 nitrogen and oxygen atoms in total. The zero-order chi connectivity index (χ0) is 7.56. The van der Waals surface area contributed by atoms with Crippen molar-refractivity contribution in [3.8, 4) is 5.75 Å². The Bertz CT molecular complexity index is 260. The number of Topliss-reactive ketones (excluding diaryl/α,β-unsaturated/α-hetero) is 1. The second-order valence-electron chi connectivity index (χ2n) is 1.81. The van der Waals surface area contributed by atoms with Crippen molar-refractivity contribution in [2.24, 2.45) is 0 Å². The molecule has 1 rings (SSSR count). The maximum absolute atomic E-state index is 10.6. The Morgan fingerprint density at radius 1 is 1.70 bits per heavy atom. The normalized spacial score (nSPS) is 9.30. The van der Waals surface area contributed by atoms with Crippen molar-refractivity contribution in [1.82, 2.24) is 9.97 Å². The lowest BCUT2D eigenvalue weighted by atomic mass is 10.3. The average molecular weight is 138 g/mol. The molecule has 10 heavy (non-hydrogen) atoms. The summed E-state index contributed by atoms with van der Waals surface area (Å²) in [5.41, 5.74) is 0.0648. The third kappa shape index (κ3) is 1.10. The van der Waals surface area contributed by atoms with Gasteiger partial charge in [0, 0.05) is 6.92 Å². The van der Waals surface area contributed by atoms with E-state index in [1.165, 1.54) is 19.4 Å². The highest BCUT2D eigenvalue weighted by molar-refractivity contribution is 5.94. The van der Waals surface area contributed by atoms with E-state index in [0.717, 1.165) is 0 Å². The maximum atomic E-state index is 10.6. The minimum atomic E-state index is -0.264. The number of carbonyl (C=O) groups is 1. The van der Waals surface area contributed by atoms with Gasteiger partial charge in [-0.2, -0.15) is 0 Å². The van der Waals surface area contributed by atoms with Crippen molar-refractivity contribution in [3.63, 3.8) is 0 Å². The maximum Gasteiger partial charge on any atom is 0.182 e. The first-order chi connectivity index (χ1) is 4.72. The van der Waals surface area contributed by atoms with Crippen molar-refractivity contribution in [2.45, 2.75) is 6.92 Å². The number of rotatable bonds is 1. The van der Waals surface area contributed by atoms with Crippen molar-refractivity contribution in [3.05, 3.63) is 18.2 Å². The standard InChI is InChI=1S/C6H6N2O2/c1-4(9)6-5(10)2-7-3-8-6/h2-3,10H,1H3. The number of hydrogen-bond donors (Lipinski definition) is 1. The Labute approximate surface area is 57.6 Å². The predicted octanol–water partition coefficient (Wildman–Crippen LogP) is 0.385. The average Bonchev–Trinajstić information content (AvgIpc) is 1.88. The van der Waals surface area contributed by atoms with Gasteiger partial charge in [-0.15, -0.1) is 0 Å².